The van der Waals surface area contributed by atoms with E-state index < -0.39 is 0 Å². The Labute approximate surface area is 88.8 Å². The molecule has 14 heavy (non-hydrogen) atoms. The van der Waals surface area contributed by atoms with E-state index in [9.17, 15) is 0 Å². The Bertz CT molecular complexity index is 139. The van der Waals surface area contributed by atoms with E-state index in [-0.39, 0.29) is 0 Å². The van der Waals surface area contributed by atoms with Crippen LogP contribution in [0.4, 0.5) is 0 Å². The Morgan fingerprint density at radius 3 is 2.50 bits per heavy atom. The second kappa shape index (κ2) is 6.41. The fourth-order valence-electron chi connectivity index (χ4n) is 2.46. The van der Waals surface area contributed by atoms with Crippen molar-refractivity contribution in [2.24, 2.45) is 11.7 Å². The van der Waals surface area contributed by atoms with Gasteiger partial charge in [0.1, 0.15) is 0 Å². The number of nitrogens with two attached hydrogens (primary N) is 1. The van der Waals surface area contributed by atoms with Crippen LogP contribution in [0.3, 0.4) is 0 Å². The minimum Gasteiger partial charge on any atom is -0.327 e. The Morgan fingerprint density at radius 2 is 1.93 bits per heavy atom. The SMILES string of the molecule is CC(N)CN(C)CCC1CCCCC1. The van der Waals surface area contributed by atoms with Crippen molar-refractivity contribution in [3.63, 3.8) is 0 Å². The smallest absolute Gasteiger partial charge is 0.0139 e. The first-order chi connectivity index (χ1) is 6.68. The highest BCUT2D eigenvalue weighted by atomic mass is 15.1. The normalized spacial score (nSPS) is 21.4. The summed E-state index contributed by atoms with van der Waals surface area (Å²) >= 11 is 0. The second-order valence-electron chi connectivity index (χ2n) is 5.03. The van der Waals surface area contributed by atoms with Crippen molar-refractivity contribution in [3.05, 3.63) is 0 Å². The van der Waals surface area contributed by atoms with Gasteiger partial charge in [0.25, 0.3) is 0 Å². The van der Waals surface area contributed by atoms with Gasteiger partial charge in [-0.25, -0.2) is 0 Å². The lowest BCUT2D eigenvalue weighted by Gasteiger charge is -2.25. The first kappa shape index (κ1) is 12.0. The van der Waals surface area contributed by atoms with Gasteiger partial charge in [-0.3, -0.25) is 0 Å². The van der Waals surface area contributed by atoms with Gasteiger partial charge in [-0.2, -0.15) is 0 Å². The molecule has 1 saturated carbocycles. The third-order valence-electron chi connectivity index (χ3n) is 3.24. The quantitative estimate of drug-likeness (QED) is 0.734. The Kier molecular flexibility index (Phi) is 5.49. The molecule has 2 heteroatoms. The van der Waals surface area contributed by atoms with Crippen molar-refractivity contribution in [1.29, 1.82) is 0 Å². The standard InChI is InChI=1S/C12H26N2/c1-11(13)10-14(2)9-8-12-6-4-3-5-7-12/h11-12H,3-10,13H2,1-2H3. The first-order valence-corrected chi connectivity index (χ1v) is 6.12. The fraction of sp³-hybridized carbons (Fsp3) is 1.00. The zero-order chi connectivity index (χ0) is 10.4. The maximum absolute atomic E-state index is 5.76. The van der Waals surface area contributed by atoms with Crippen LogP contribution in [-0.4, -0.2) is 31.1 Å². The highest BCUT2D eigenvalue weighted by molar-refractivity contribution is 4.68. The second-order valence-corrected chi connectivity index (χ2v) is 5.03. The van der Waals surface area contributed by atoms with Crippen LogP contribution in [0.15, 0.2) is 0 Å². The first-order valence-electron chi connectivity index (χ1n) is 6.12. The topological polar surface area (TPSA) is 29.3 Å². The van der Waals surface area contributed by atoms with Crippen molar-refractivity contribution in [3.8, 4) is 0 Å². The maximum atomic E-state index is 5.76. The van der Waals surface area contributed by atoms with E-state index in [1.165, 1.54) is 45.1 Å². The minimum atomic E-state index is 0.311. The zero-order valence-electron chi connectivity index (χ0n) is 9.84. The van der Waals surface area contributed by atoms with Crippen molar-refractivity contribution < 1.29 is 0 Å². The molecule has 1 unspecified atom stereocenters. The molecule has 0 aliphatic heterocycles. The summed E-state index contributed by atoms with van der Waals surface area (Å²) in [7, 11) is 2.19. The summed E-state index contributed by atoms with van der Waals surface area (Å²) in [4.78, 5) is 2.37. The summed E-state index contributed by atoms with van der Waals surface area (Å²) in [6.45, 7) is 4.34. The monoisotopic (exact) mass is 198 g/mol. The largest absolute Gasteiger partial charge is 0.327 e. The summed E-state index contributed by atoms with van der Waals surface area (Å²) < 4.78 is 0. The van der Waals surface area contributed by atoms with Crippen LogP contribution in [-0.2, 0) is 0 Å². The van der Waals surface area contributed by atoms with Gasteiger partial charge in [0, 0.05) is 12.6 Å². The molecule has 1 fully saturated rings. The van der Waals surface area contributed by atoms with Crippen LogP contribution < -0.4 is 5.73 Å². The van der Waals surface area contributed by atoms with Gasteiger partial charge in [0.2, 0.25) is 0 Å². The predicted molar refractivity (Wildman–Crippen MR) is 62.3 cm³/mol. The van der Waals surface area contributed by atoms with Crippen LogP contribution in [0.25, 0.3) is 0 Å². The lowest BCUT2D eigenvalue weighted by atomic mass is 9.87. The molecule has 0 aromatic rings. The molecule has 1 aliphatic rings. The average molecular weight is 198 g/mol. The maximum Gasteiger partial charge on any atom is 0.0139 e. The van der Waals surface area contributed by atoms with Crippen LogP contribution in [0.2, 0.25) is 0 Å². The van der Waals surface area contributed by atoms with Crippen molar-refractivity contribution in [2.45, 2.75) is 51.5 Å². The van der Waals surface area contributed by atoms with E-state index in [1.54, 1.807) is 0 Å². The van der Waals surface area contributed by atoms with Gasteiger partial charge in [0.15, 0.2) is 0 Å². The molecular formula is C12H26N2. The summed E-state index contributed by atoms with van der Waals surface area (Å²) in [6, 6.07) is 0.311. The van der Waals surface area contributed by atoms with Crippen molar-refractivity contribution in [1.82, 2.24) is 4.90 Å². The van der Waals surface area contributed by atoms with Gasteiger partial charge in [0.05, 0.1) is 0 Å². The van der Waals surface area contributed by atoms with Gasteiger partial charge >= 0.3 is 0 Å². The lowest BCUT2D eigenvalue weighted by Crippen LogP contribution is -2.34. The van der Waals surface area contributed by atoms with E-state index in [2.05, 4.69) is 18.9 Å². The number of hydrogen-bond donors (Lipinski definition) is 1. The van der Waals surface area contributed by atoms with Gasteiger partial charge in [-0.15, -0.1) is 0 Å². The van der Waals surface area contributed by atoms with E-state index in [0.717, 1.165) is 12.5 Å². The molecule has 0 aromatic heterocycles. The Morgan fingerprint density at radius 1 is 1.29 bits per heavy atom. The number of hydrogen-bond acceptors (Lipinski definition) is 2. The van der Waals surface area contributed by atoms with Crippen LogP contribution in [0.5, 0.6) is 0 Å². The Balaban J connectivity index is 2.06. The molecule has 0 amide bonds. The molecule has 1 aliphatic carbocycles. The van der Waals surface area contributed by atoms with Crippen molar-refractivity contribution in [2.75, 3.05) is 20.1 Å². The molecule has 0 spiro atoms. The summed E-state index contributed by atoms with van der Waals surface area (Å²) in [6.07, 6.45) is 8.69. The van der Waals surface area contributed by atoms with E-state index in [4.69, 9.17) is 5.73 Å². The lowest BCUT2D eigenvalue weighted by molar-refractivity contribution is 0.258. The average Bonchev–Trinajstić information content (AvgIpc) is 2.15. The van der Waals surface area contributed by atoms with Gasteiger partial charge < -0.3 is 10.6 Å². The minimum absolute atomic E-state index is 0.311. The molecule has 0 saturated heterocycles. The molecular weight excluding hydrogens is 172 g/mol. The molecule has 0 bridgehead atoms. The third-order valence-corrected chi connectivity index (χ3v) is 3.24. The molecule has 0 heterocycles. The highest BCUT2D eigenvalue weighted by Gasteiger charge is 2.13. The molecule has 1 rings (SSSR count). The molecule has 2 nitrogen and oxygen atoms in total. The Hall–Kier alpha value is -0.0800. The van der Waals surface area contributed by atoms with Crippen LogP contribution in [0, 0.1) is 5.92 Å². The number of likely N-dealkylation sites (N-methyl/N-ethyl adjacent to an activating group) is 1. The fourth-order valence-corrected chi connectivity index (χ4v) is 2.46. The van der Waals surface area contributed by atoms with Crippen LogP contribution in [0.1, 0.15) is 45.4 Å². The summed E-state index contributed by atoms with van der Waals surface area (Å²) in [5.41, 5.74) is 5.76. The predicted octanol–water partition coefficient (Wildman–Crippen LogP) is 2.24. The van der Waals surface area contributed by atoms with Crippen LogP contribution >= 0.6 is 0 Å². The summed E-state index contributed by atoms with van der Waals surface area (Å²) in [5.74, 6) is 0.999. The summed E-state index contributed by atoms with van der Waals surface area (Å²) in [5, 5.41) is 0. The van der Waals surface area contributed by atoms with Gasteiger partial charge in [-0.05, 0) is 32.9 Å². The molecule has 2 N–H and O–H groups in total. The highest BCUT2D eigenvalue weighted by Crippen LogP contribution is 2.26. The number of nitrogens with zero attached hydrogens (tertiary/aromatic N) is 1. The van der Waals surface area contributed by atoms with Crippen molar-refractivity contribution >= 4 is 0 Å². The molecule has 0 aromatic carbocycles. The zero-order valence-corrected chi connectivity index (χ0v) is 9.84. The van der Waals surface area contributed by atoms with E-state index >= 15 is 0 Å². The molecule has 0 radical (unpaired) electrons. The molecule has 1 atom stereocenters. The van der Waals surface area contributed by atoms with Gasteiger partial charge in [-0.1, -0.05) is 32.1 Å². The van der Waals surface area contributed by atoms with E-state index in [0.29, 0.717) is 6.04 Å². The molecule has 84 valence electrons. The third kappa shape index (κ3) is 4.97. The van der Waals surface area contributed by atoms with E-state index in [1.807, 2.05) is 0 Å². The number of rotatable bonds is 5.